The van der Waals surface area contributed by atoms with Gasteiger partial charge in [-0.15, -0.1) is 0 Å². The van der Waals surface area contributed by atoms with E-state index in [9.17, 15) is 4.79 Å². The van der Waals surface area contributed by atoms with Crippen molar-refractivity contribution in [2.24, 2.45) is 0 Å². The fraction of sp³-hybridized carbons (Fsp3) is 0.0625. The van der Waals surface area contributed by atoms with Gasteiger partial charge in [0.1, 0.15) is 6.54 Å². The summed E-state index contributed by atoms with van der Waals surface area (Å²) in [5, 5.41) is 3.85. The molecule has 0 saturated heterocycles. The molecule has 3 rings (SSSR count). The van der Waals surface area contributed by atoms with Gasteiger partial charge in [0.05, 0.1) is 11.2 Å². The number of carbonyl (C=O) groups is 1. The third kappa shape index (κ3) is 2.78. The predicted octanol–water partition coefficient (Wildman–Crippen LogP) is 3.62. The molecule has 0 spiro atoms. The first-order valence-electron chi connectivity index (χ1n) is 6.53. The van der Waals surface area contributed by atoms with Gasteiger partial charge in [-0.1, -0.05) is 18.2 Å². The summed E-state index contributed by atoms with van der Waals surface area (Å²) in [5.41, 5.74) is 8.36. The van der Waals surface area contributed by atoms with Crippen LogP contribution in [-0.4, -0.2) is 10.5 Å². The number of nitrogens with one attached hydrogen (secondary N) is 1. The zero-order chi connectivity index (χ0) is 14.8. The van der Waals surface area contributed by atoms with E-state index in [4.69, 9.17) is 5.73 Å². The van der Waals surface area contributed by atoms with Crippen molar-refractivity contribution in [3.8, 4) is 0 Å². The maximum Gasteiger partial charge on any atom is 0.244 e. The topological polar surface area (TPSA) is 60.0 Å². The Kier molecular flexibility index (Phi) is 3.66. The van der Waals surface area contributed by atoms with Crippen LogP contribution < -0.4 is 11.1 Å². The second-order valence-corrected chi connectivity index (χ2v) is 5.61. The van der Waals surface area contributed by atoms with Crippen LogP contribution in [-0.2, 0) is 11.3 Å². The number of nitrogens with two attached hydrogens (primary N) is 1. The minimum absolute atomic E-state index is 0.0816. The van der Waals surface area contributed by atoms with E-state index >= 15 is 0 Å². The first-order chi connectivity index (χ1) is 10.1. The number of benzene rings is 2. The van der Waals surface area contributed by atoms with E-state index < -0.39 is 0 Å². The highest BCUT2D eigenvalue weighted by atomic mass is 79.9. The highest BCUT2D eigenvalue weighted by molar-refractivity contribution is 9.10. The van der Waals surface area contributed by atoms with Crippen LogP contribution in [0.4, 0.5) is 11.4 Å². The van der Waals surface area contributed by atoms with Gasteiger partial charge in [-0.25, -0.2) is 0 Å². The number of carbonyl (C=O) groups excluding carboxylic acids is 1. The van der Waals surface area contributed by atoms with Gasteiger partial charge in [0.2, 0.25) is 5.91 Å². The van der Waals surface area contributed by atoms with E-state index in [0.29, 0.717) is 0 Å². The normalized spacial score (nSPS) is 10.7. The Morgan fingerprint density at radius 3 is 2.76 bits per heavy atom. The zero-order valence-electron chi connectivity index (χ0n) is 11.2. The highest BCUT2D eigenvalue weighted by Crippen LogP contribution is 2.23. The smallest absolute Gasteiger partial charge is 0.244 e. The Hall–Kier alpha value is -2.27. The number of amides is 1. The number of nitrogen functional groups attached to an aromatic ring is 1. The average Bonchev–Trinajstić information content (AvgIpc) is 2.86. The number of fused-ring (bicyclic) bond motifs is 1. The van der Waals surface area contributed by atoms with Crippen LogP contribution in [0.3, 0.4) is 0 Å². The van der Waals surface area contributed by atoms with Crippen LogP contribution in [0, 0.1) is 0 Å². The molecule has 0 unspecified atom stereocenters. The number of aromatic nitrogens is 1. The highest BCUT2D eigenvalue weighted by Gasteiger charge is 2.09. The third-order valence-electron chi connectivity index (χ3n) is 3.31. The number of nitrogens with zero attached hydrogens (tertiary/aromatic N) is 1. The van der Waals surface area contributed by atoms with Crippen molar-refractivity contribution in [2.75, 3.05) is 11.1 Å². The summed E-state index contributed by atoms with van der Waals surface area (Å²) >= 11 is 3.41. The number of halogens is 1. The number of para-hydroxylation sites is 1. The summed E-state index contributed by atoms with van der Waals surface area (Å²) in [4.78, 5) is 12.2. The van der Waals surface area contributed by atoms with Gasteiger partial charge in [-0.3, -0.25) is 4.79 Å². The molecular weight excluding hydrogens is 330 g/mol. The molecule has 5 heteroatoms. The van der Waals surface area contributed by atoms with Gasteiger partial charge in [-0.2, -0.15) is 0 Å². The lowest BCUT2D eigenvalue weighted by Crippen LogP contribution is -2.18. The molecular formula is C16H14BrN3O. The lowest BCUT2D eigenvalue weighted by molar-refractivity contribution is -0.116. The number of anilines is 2. The van der Waals surface area contributed by atoms with Crippen molar-refractivity contribution < 1.29 is 4.79 Å². The summed E-state index contributed by atoms with van der Waals surface area (Å²) in [6.07, 6.45) is 1.88. The van der Waals surface area contributed by atoms with Crippen LogP contribution in [0.5, 0.6) is 0 Å². The van der Waals surface area contributed by atoms with Crippen LogP contribution in [0.15, 0.2) is 59.2 Å². The van der Waals surface area contributed by atoms with E-state index in [2.05, 4.69) is 21.2 Å². The maximum atomic E-state index is 12.2. The lowest BCUT2D eigenvalue weighted by atomic mass is 10.2. The van der Waals surface area contributed by atoms with E-state index in [1.165, 1.54) is 0 Å². The molecule has 21 heavy (non-hydrogen) atoms. The number of rotatable bonds is 3. The van der Waals surface area contributed by atoms with E-state index in [1.807, 2.05) is 59.3 Å². The minimum Gasteiger partial charge on any atom is -0.398 e. The first kappa shape index (κ1) is 13.7. The number of hydrogen-bond acceptors (Lipinski definition) is 2. The molecule has 3 aromatic rings. The third-order valence-corrected chi connectivity index (χ3v) is 4.00. The fourth-order valence-corrected chi connectivity index (χ4v) is 2.68. The molecule has 0 aliphatic rings. The van der Waals surface area contributed by atoms with Crippen molar-refractivity contribution in [1.29, 1.82) is 0 Å². The van der Waals surface area contributed by atoms with Crippen molar-refractivity contribution in [3.05, 3.63) is 59.2 Å². The number of hydrogen-bond donors (Lipinski definition) is 2. The van der Waals surface area contributed by atoms with Gasteiger partial charge in [0.25, 0.3) is 0 Å². The molecule has 0 radical (unpaired) electrons. The molecule has 1 heterocycles. The molecule has 0 fully saturated rings. The van der Waals surface area contributed by atoms with Crippen LogP contribution in [0.2, 0.25) is 0 Å². The molecule has 0 atom stereocenters. The van der Waals surface area contributed by atoms with Crippen molar-refractivity contribution in [3.63, 3.8) is 0 Å². The van der Waals surface area contributed by atoms with E-state index in [-0.39, 0.29) is 12.5 Å². The van der Waals surface area contributed by atoms with Crippen molar-refractivity contribution >= 4 is 44.1 Å². The molecule has 1 aromatic heterocycles. The molecule has 106 valence electrons. The monoisotopic (exact) mass is 343 g/mol. The van der Waals surface area contributed by atoms with Gasteiger partial charge >= 0.3 is 0 Å². The fourth-order valence-electron chi connectivity index (χ4n) is 2.29. The second kappa shape index (κ2) is 5.61. The molecule has 0 aliphatic carbocycles. The van der Waals surface area contributed by atoms with Gasteiger partial charge < -0.3 is 15.6 Å². The average molecular weight is 344 g/mol. The summed E-state index contributed by atoms with van der Waals surface area (Å²) in [6.45, 7) is 0.244. The Balaban J connectivity index is 1.81. The summed E-state index contributed by atoms with van der Waals surface area (Å²) in [7, 11) is 0. The summed E-state index contributed by atoms with van der Waals surface area (Å²) < 4.78 is 2.75. The zero-order valence-corrected chi connectivity index (χ0v) is 12.8. The predicted molar refractivity (Wildman–Crippen MR) is 89.1 cm³/mol. The van der Waals surface area contributed by atoms with E-state index in [1.54, 1.807) is 0 Å². The van der Waals surface area contributed by atoms with Crippen LogP contribution in [0.1, 0.15) is 0 Å². The second-order valence-electron chi connectivity index (χ2n) is 4.75. The molecule has 0 aliphatic heterocycles. The summed E-state index contributed by atoms with van der Waals surface area (Å²) in [5.74, 6) is -0.0816. The van der Waals surface area contributed by atoms with Crippen LogP contribution in [0.25, 0.3) is 10.9 Å². The van der Waals surface area contributed by atoms with Crippen LogP contribution >= 0.6 is 15.9 Å². The SMILES string of the molecule is Nc1cccc2c1ccn2CC(=O)Nc1ccccc1Br. The van der Waals surface area contributed by atoms with E-state index in [0.717, 1.165) is 26.8 Å². The molecule has 1 amide bonds. The lowest BCUT2D eigenvalue weighted by Gasteiger charge is -2.09. The Morgan fingerprint density at radius 1 is 1.14 bits per heavy atom. The van der Waals surface area contributed by atoms with Crippen molar-refractivity contribution in [1.82, 2.24) is 4.57 Å². The maximum absolute atomic E-state index is 12.2. The molecule has 3 N–H and O–H groups in total. The Labute approximate surface area is 130 Å². The minimum atomic E-state index is -0.0816. The molecule has 4 nitrogen and oxygen atoms in total. The van der Waals surface area contributed by atoms with Crippen molar-refractivity contribution in [2.45, 2.75) is 6.54 Å². The Morgan fingerprint density at radius 2 is 1.95 bits per heavy atom. The Bertz CT molecular complexity index is 810. The molecule has 0 bridgehead atoms. The standard InChI is InChI=1S/C16H14BrN3O/c17-12-4-1-2-6-14(12)19-16(21)10-20-9-8-11-13(18)5-3-7-15(11)20/h1-9H,10,18H2,(H,19,21). The van der Waals surface area contributed by atoms with Gasteiger partial charge in [0.15, 0.2) is 0 Å². The van der Waals surface area contributed by atoms with Gasteiger partial charge in [-0.05, 0) is 46.3 Å². The van der Waals surface area contributed by atoms with Gasteiger partial charge in [0, 0.05) is 21.7 Å². The molecule has 2 aromatic carbocycles. The molecule has 0 saturated carbocycles. The quantitative estimate of drug-likeness (QED) is 0.713. The largest absolute Gasteiger partial charge is 0.398 e. The first-order valence-corrected chi connectivity index (χ1v) is 7.32. The summed E-state index contributed by atoms with van der Waals surface area (Å²) in [6, 6.07) is 15.2.